The van der Waals surface area contributed by atoms with Crippen LogP contribution in [0.1, 0.15) is 15.9 Å². The summed E-state index contributed by atoms with van der Waals surface area (Å²) >= 11 is 13.0. The van der Waals surface area contributed by atoms with Gasteiger partial charge in [-0.25, -0.2) is 9.78 Å². The van der Waals surface area contributed by atoms with Crippen LogP contribution < -0.4 is 21.1 Å². The molecule has 0 radical (unpaired) electrons. The molecule has 3 aliphatic rings. The molecule has 5 rings (SSSR count). The molecule has 0 saturated carbocycles. The fourth-order valence-corrected chi connectivity index (χ4v) is 6.04. The van der Waals surface area contributed by atoms with Crippen molar-refractivity contribution in [3.05, 3.63) is 38.7 Å². The summed E-state index contributed by atoms with van der Waals surface area (Å²) in [6.07, 6.45) is 0. The molecule has 0 aromatic heterocycles. The van der Waals surface area contributed by atoms with Gasteiger partial charge in [-0.3, -0.25) is 14.5 Å². The third kappa shape index (κ3) is 3.72. The Morgan fingerprint density at radius 3 is 2.26 bits per heavy atom. The summed E-state index contributed by atoms with van der Waals surface area (Å²) in [6, 6.07) is 2.07. The van der Waals surface area contributed by atoms with E-state index in [1.807, 2.05) is 0 Å². The molecule has 18 heteroatoms. The van der Waals surface area contributed by atoms with E-state index in [0.29, 0.717) is 0 Å². The lowest BCUT2D eigenvalue weighted by Crippen LogP contribution is -2.19. The van der Waals surface area contributed by atoms with Gasteiger partial charge in [0.1, 0.15) is 26.9 Å². The minimum Gasteiger partial charge on any atom is -0.478 e. The first-order valence-corrected chi connectivity index (χ1v) is 13.6. The molecule has 0 unspecified atom stereocenters. The molecule has 38 heavy (non-hydrogen) atoms. The maximum atomic E-state index is 12.1. The van der Waals surface area contributed by atoms with Crippen LogP contribution in [0.4, 0.5) is 17.1 Å². The first kappa shape index (κ1) is 26.0. The van der Waals surface area contributed by atoms with Gasteiger partial charge < -0.3 is 25.3 Å². The molecule has 0 bridgehead atoms. The molecule has 198 valence electrons. The second-order valence-corrected chi connectivity index (χ2v) is 11.5. The summed E-state index contributed by atoms with van der Waals surface area (Å²) in [6.45, 7) is 1.40. The van der Waals surface area contributed by atoms with Crippen LogP contribution in [0.15, 0.2) is 26.3 Å². The zero-order chi connectivity index (χ0) is 28.1. The predicted octanol–water partition coefficient (Wildman–Crippen LogP) is 3.65. The third-order valence-corrected chi connectivity index (χ3v) is 8.14. The summed E-state index contributed by atoms with van der Waals surface area (Å²) in [5.41, 5.74) is 3.25. The number of rotatable bonds is 3. The Labute approximate surface area is 221 Å². The van der Waals surface area contributed by atoms with Gasteiger partial charge in [-0.15, -0.1) is 0 Å². The van der Waals surface area contributed by atoms with Crippen LogP contribution in [0.5, 0.6) is 11.5 Å². The Morgan fingerprint density at radius 1 is 1.05 bits per heavy atom. The van der Waals surface area contributed by atoms with Crippen molar-refractivity contribution in [3.8, 4) is 23.0 Å². The van der Waals surface area contributed by atoms with Crippen molar-refractivity contribution < 1.29 is 45.0 Å². The first-order valence-electron chi connectivity index (χ1n) is 9.95. The lowest BCUT2D eigenvalue weighted by atomic mass is 10.1. The third-order valence-electron chi connectivity index (χ3n) is 5.58. The first-order chi connectivity index (χ1) is 17.5. The molecule has 2 aromatic carbocycles. The Kier molecular flexibility index (Phi) is 5.58. The van der Waals surface area contributed by atoms with Crippen LogP contribution in [0.2, 0.25) is 10.0 Å². The van der Waals surface area contributed by atoms with E-state index in [9.17, 15) is 35.8 Å². The highest BCUT2D eigenvalue weighted by molar-refractivity contribution is 7.86. The van der Waals surface area contributed by atoms with Gasteiger partial charge in [0, 0.05) is 0 Å². The molecular formula is C20H12Cl2N4O10S2. The highest BCUT2D eigenvalue weighted by Gasteiger charge is 2.36. The largest absolute Gasteiger partial charge is 0.478 e. The van der Waals surface area contributed by atoms with Gasteiger partial charge in [-0.2, -0.15) is 16.8 Å². The van der Waals surface area contributed by atoms with Gasteiger partial charge in [0.2, 0.25) is 0 Å². The summed E-state index contributed by atoms with van der Waals surface area (Å²) < 4.78 is 79.0. The lowest BCUT2D eigenvalue weighted by Gasteiger charge is -2.27. The average Bonchev–Trinajstić information content (AvgIpc) is 2.79. The minimum absolute atomic E-state index is 0.119. The van der Waals surface area contributed by atoms with Crippen molar-refractivity contribution in [2.45, 2.75) is 16.7 Å². The number of aryl methyl sites for hydroxylation is 1. The van der Waals surface area contributed by atoms with E-state index < -0.39 is 69.8 Å². The van der Waals surface area contributed by atoms with E-state index in [1.165, 1.54) is 13.0 Å². The second-order valence-electron chi connectivity index (χ2n) is 8.00. The molecule has 0 atom stereocenters. The molecule has 14 nitrogen and oxygen atoms in total. The number of aromatic carboxylic acids is 1. The van der Waals surface area contributed by atoms with Crippen LogP contribution in [-0.4, -0.2) is 42.0 Å². The molecule has 1 aliphatic carbocycles. The number of hydrogen-bond acceptors (Lipinski definition) is 11. The van der Waals surface area contributed by atoms with Crippen molar-refractivity contribution in [3.63, 3.8) is 0 Å². The Balaban J connectivity index is 1.90. The summed E-state index contributed by atoms with van der Waals surface area (Å²) in [5, 5.41) is 19.0. The topological polar surface area (TPSA) is 243 Å². The second kappa shape index (κ2) is 8.16. The van der Waals surface area contributed by atoms with Crippen molar-refractivity contribution in [1.82, 2.24) is 4.98 Å². The Bertz CT molecular complexity index is 2020. The van der Waals surface area contributed by atoms with E-state index in [4.69, 9.17) is 43.5 Å². The fourth-order valence-electron chi connectivity index (χ4n) is 3.98. The number of carboxylic acids is 1. The van der Waals surface area contributed by atoms with Crippen molar-refractivity contribution in [2.75, 3.05) is 11.1 Å². The van der Waals surface area contributed by atoms with Crippen LogP contribution >= 0.6 is 23.2 Å². The number of halogens is 2. The van der Waals surface area contributed by atoms with E-state index in [1.54, 1.807) is 0 Å². The molecule has 2 aliphatic heterocycles. The van der Waals surface area contributed by atoms with Gasteiger partial charge >= 0.3 is 16.1 Å². The Hall–Kier alpha value is -3.67. The highest BCUT2D eigenvalue weighted by atomic mass is 35.5. The number of benzene rings is 3. The number of ether oxygens (including phenoxy) is 1. The minimum atomic E-state index is -5.03. The fraction of sp³-hybridized carbons (Fsp3) is 0.0500. The number of nitrogen functional groups attached to an aromatic ring is 1. The van der Waals surface area contributed by atoms with Gasteiger partial charge in [-0.1, -0.05) is 23.2 Å². The van der Waals surface area contributed by atoms with Gasteiger partial charge in [0.15, 0.2) is 32.6 Å². The summed E-state index contributed by atoms with van der Waals surface area (Å²) in [4.78, 5) is 14.3. The maximum absolute atomic E-state index is 12.1. The zero-order valence-electron chi connectivity index (χ0n) is 18.5. The number of fused-ring (bicyclic) bond motifs is 4. The van der Waals surface area contributed by atoms with Crippen molar-refractivity contribution in [2.24, 2.45) is 0 Å². The molecule has 7 N–H and O–H groups in total. The number of aromatic nitrogens is 1. The number of anilines is 3. The normalized spacial score (nSPS) is 13.1. The van der Waals surface area contributed by atoms with Crippen LogP contribution in [0, 0.1) is 12.3 Å². The molecule has 2 heterocycles. The van der Waals surface area contributed by atoms with E-state index in [-0.39, 0.29) is 43.8 Å². The summed E-state index contributed by atoms with van der Waals surface area (Å²) in [7, 11) is -10.00. The van der Waals surface area contributed by atoms with Gasteiger partial charge in [0.25, 0.3) is 10.1 Å². The number of carboxylic acid groups (broad SMARTS) is 1. The molecule has 2 aromatic rings. The quantitative estimate of drug-likeness (QED) is 0.0981. The number of nitrogens with one attached hydrogen (secondary N) is 2. The van der Waals surface area contributed by atoms with E-state index in [2.05, 4.69) is 10.3 Å². The molecular weight excluding hydrogens is 591 g/mol. The summed E-state index contributed by atoms with van der Waals surface area (Å²) in [5.74, 6) is -3.10. The number of carbonyl (C=O) groups is 1. The van der Waals surface area contributed by atoms with Crippen LogP contribution in [-0.2, 0) is 20.2 Å². The molecule has 0 amide bonds. The van der Waals surface area contributed by atoms with Gasteiger partial charge in [-0.05, 0) is 24.6 Å². The van der Waals surface area contributed by atoms with Crippen molar-refractivity contribution in [1.29, 1.82) is 5.41 Å². The standard InChI is InChI=1S/C20H12Cl2N4O10S2/c1-4-2-7-14(19(10(4)24)38(32,33)34)35-15-9(22)13-16(8(21)12(15)25-7)36-17-11(26-13)5(20(27)28)3-6(23)18(17)37(29,30)31/h2-3,24,26H,23H2,1H3,(H,27,28)(H,29,30,31)(H,32,33,34). The maximum Gasteiger partial charge on any atom is 0.338 e. The molecule has 0 spiro atoms. The Morgan fingerprint density at radius 2 is 1.68 bits per heavy atom. The van der Waals surface area contributed by atoms with Crippen LogP contribution in [0.3, 0.4) is 0 Å². The number of nitrogens with two attached hydrogens (primary N) is 1. The number of hydrogen-bond donors (Lipinski definition) is 6. The van der Waals surface area contributed by atoms with E-state index >= 15 is 0 Å². The highest BCUT2D eigenvalue weighted by Crippen LogP contribution is 2.56. The monoisotopic (exact) mass is 602 g/mol. The lowest BCUT2D eigenvalue weighted by molar-refractivity contribution is 0.0697. The predicted molar refractivity (Wildman–Crippen MR) is 132 cm³/mol. The smallest absolute Gasteiger partial charge is 0.338 e. The van der Waals surface area contributed by atoms with Crippen LogP contribution in [0.25, 0.3) is 22.6 Å². The van der Waals surface area contributed by atoms with Gasteiger partial charge in [0.05, 0.1) is 22.3 Å². The van der Waals surface area contributed by atoms with Crippen molar-refractivity contribution >= 4 is 77.6 Å². The zero-order valence-corrected chi connectivity index (χ0v) is 21.6. The van der Waals surface area contributed by atoms with E-state index in [0.717, 1.165) is 6.07 Å². The SMILES string of the molecule is Cc1cc2nc3c(Cl)c4c(c(Cl)c3oc-2c(S(=O)(=O)O)c1=N)Nc1c(C(=O)O)cc(N)c(S(=O)(=O)O)c1O4. The molecule has 0 saturated heterocycles. The average molecular weight is 603 g/mol. The number of nitrogens with zero attached hydrogens (tertiary/aromatic N) is 1. The molecule has 0 fully saturated rings.